The van der Waals surface area contributed by atoms with Crippen LogP contribution in [0.1, 0.15) is 58.4 Å². The van der Waals surface area contributed by atoms with Crippen LogP contribution in [0.2, 0.25) is 0 Å². The summed E-state index contributed by atoms with van der Waals surface area (Å²) in [5.41, 5.74) is 6.56. The summed E-state index contributed by atoms with van der Waals surface area (Å²) in [5.74, 6) is 2.36. The Balaban J connectivity index is 1.94. The molecule has 1 aliphatic heterocycles. The van der Waals surface area contributed by atoms with Gasteiger partial charge in [-0.25, -0.2) is 9.98 Å². The maximum atomic E-state index is 11.4. The lowest BCUT2D eigenvalue weighted by atomic mass is 9.96. The molecule has 29 heavy (non-hydrogen) atoms. The Kier molecular flexibility index (Phi) is 9.74. The van der Waals surface area contributed by atoms with Crippen molar-refractivity contribution in [1.82, 2.24) is 15.6 Å². The monoisotopic (exact) mass is 402 g/mol. The van der Waals surface area contributed by atoms with Crippen LogP contribution in [0.5, 0.6) is 0 Å². The van der Waals surface area contributed by atoms with Crippen LogP contribution in [-0.4, -0.2) is 43.0 Å². The Morgan fingerprint density at radius 2 is 2.07 bits per heavy atom. The molecule has 0 unspecified atom stereocenters. The number of aliphatic imine (C=N–C) groups is 1. The lowest BCUT2D eigenvalue weighted by Crippen LogP contribution is -2.39. The Morgan fingerprint density at radius 3 is 2.72 bits per heavy atom. The third-order valence-corrected chi connectivity index (χ3v) is 5.32. The van der Waals surface area contributed by atoms with Crippen molar-refractivity contribution in [3.8, 4) is 0 Å². The van der Waals surface area contributed by atoms with Gasteiger partial charge in [0.05, 0.1) is 6.54 Å². The van der Waals surface area contributed by atoms with Crippen LogP contribution in [0.4, 0.5) is 5.82 Å². The summed E-state index contributed by atoms with van der Waals surface area (Å²) in [6.07, 6.45) is 7.04. The number of nitrogens with one attached hydrogen (secondary N) is 2. The summed E-state index contributed by atoms with van der Waals surface area (Å²) >= 11 is 0. The molecule has 0 spiro atoms. The van der Waals surface area contributed by atoms with Crippen molar-refractivity contribution in [3.63, 3.8) is 0 Å². The molecule has 0 saturated carbocycles. The Bertz CT molecular complexity index is 652. The molecule has 162 valence electrons. The standard InChI is InChI=1S/C22H38N6O/c1-4-24-22(26-12-6-5-8-17(2)3)27-16-19-9-7-13-25-21(19)28-14-10-18(11-15-28)20(23)29/h7,9,13,17-18H,4-6,8,10-12,14-16H2,1-3H3,(H2,23,29)(H2,24,26,27). The van der Waals surface area contributed by atoms with Crippen LogP contribution in [0.3, 0.4) is 0 Å². The number of pyridine rings is 1. The summed E-state index contributed by atoms with van der Waals surface area (Å²) < 4.78 is 0. The van der Waals surface area contributed by atoms with E-state index in [4.69, 9.17) is 10.7 Å². The molecule has 2 rings (SSSR count). The number of amides is 1. The Hall–Kier alpha value is -2.31. The van der Waals surface area contributed by atoms with Gasteiger partial charge in [0.2, 0.25) is 5.91 Å². The minimum absolute atomic E-state index is 0.0170. The molecule has 2 heterocycles. The van der Waals surface area contributed by atoms with Crippen molar-refractivity contribution < 1.29 is 4.79 Å². The highest BCUT2D eigenvalue weighted by atomic mass is 16.1. The van der Waals surface area contributed by atoms with Gasteiger partial charge >= 0.3 is 0 Å². The molecule has 7 heteroatoms. The smallest absolute Gasteiger partial charge is 0.220 e. The molecule has 4 N–H and O–H groups in total. The van der Waals surface area contributed by atoms with Gasteiger partial charge in [0.1, 0.15) is 5.82 Å². The summed E-state index contributed by atoms with van der Waals surface area (Å²) in [7, 11) is 0. The molecule has 1 aromatic rings. The molecule has 0 bridgehead atoms. The number of hydrogen-bond donors (Lipinski definition) is 3. The highest BCUT2D eigenvalue weighted by Crippen LogP contribution is 2.24. The van der Waals surface area contributed by atoms with Crippen molar-refractivity contribution >= 4 is 17.7 Å². The first kappa shape index (κ1) is 23.0. The molecule has 1 fully saturated rings. The minimum atomic E-state index is -0.190. The molecule has 0 atom stereocenters. The van der Waals surface area contributed by atoms with Crippen LogP contribution in [0.15, 0.2) is 23.3 Å². The number of aromatic nitrogens is 1. The van der Waals surface area contributed by atoms with Gasteiger partial charge in [-0.3, -0.25) is 4.79 Å². The van der Waals surface area contributed by atoms with Gasteiger partial charge in [0.25, 0.3) is 0 Å². The van der Waals surface area contributed by atoms with Gasteiger partial charge in [-0.15, -0.1) is 0 Å². The summed E-state index contributed by atoms with van der Waals surface area (Å²) in [4.78, 5) is 23.0. The van der Waals surface area contributed by atoms with E-state index >= 15 is 0 Å². The lowest BCUT2D eigenvalue weighted by molar-refractivity contribution is -0.122. The first-order chi connectivity index (χ1) is 14.0. The third kappa shape index (κ3) is 7.91. The van der Waals surface area contributed by atoms with Gasteiger partial charge in [-0.1, -0.05) is 32.8 Å². The van der Waals surface area contributed by atoms with Crippen LogP contribution >= 0.6 is 0 Å². The van der Waals surface area contributed by atoms with Crippen molar-refractivity contribution in [3.05, 3.63) is 23.9 Å². The molecule has 1 aliphatic rings. The van der Waals surface area contributed by atoms with Crippen LogP contribution in [-0.2, 0) is 11.3 Å². The average molecular weight is 403 g/mol. The van der Waals surface area contributed by atoms with Gasteiger partial charge < -0.3 is 21.3 Å². The van der Waals surface area contributed by atoms with Crippen LogP contribution in [0.25, 0.3) is 0 Å². The normalized spacial score (nSPS) is 15.6. The van der Waals surface area contributed by atoms with E-state index in [1.54, 1.807) is 0 Å². The fourth-order valence-corrected chi connectivity index (χ4v) is 3.60. The number of guanidine groups is 1. The fraction of sp³-hybridized carbons (Fsp3) is 0.682. The second kappa shape index (κ2) is 12.3. The Morgan fingerprint density at radius 1 is 1.31 bits per heavy atom. The van der Waals surface area contributed by atoms with Crippen molar-refractivity contribution in [1.29, 1.82) is 0 Å². The third-order valence-electron chi connectivity index (χ3n) is 5.32. The maximum absolute atomic E-state index is 11.4. The fourth-order valence-electron chi connectivity index (χ4n) is 3.60. The van der Waals surface area contributed by atoms with E-state index < -0.39 is 0 Å². The van der Waals surface area contributed by atoms with Gasteiger partial charge in [0.15, 0.2) is 5.96 Å². The largest absolute Gasteiger partial charge is 0.369 e. The molecular formula is C22H38N6O. The van der Waals surface area contributed by atoms with E-state index in [2.05, 4.69) is 47.4 Å². The van der Waals surface area contributed by atoms with Gasteiger partial charge in [-0.05, 0) is 38.2 Å². The van der Waals surface area contributed by atoms with Crippen molar-refractivity contribution in [2.75, 3.05) is 31.1 Å². The van der Waals surface area contributed by atoms with Crippen LogP contribution < -0.4 is 21.3 Å². The zero-order chi connectivity index (χ0) is 21.1. The van der Waals surface area contributed by atoms with E-state index in [0.717, 1.165) is 68.7 Å². The molecule has 0 radical (unpaired) electrons. The number of piperidine rings is 1. The Labute approximate surface area is 175 Å². The molecule has 0 aromatic carbocycles. The van der Waals surface area contributed by atoms with E-state index in [1.165, 1.54) is 12.8 Å². The summed E-state index contributed by atoms with van der Waals surface area (Å²) in [6, 6.07) is 4.04. The predicted octanol–water partition coefficient (Wildman–Crippen LogP) is 2.66. The first-order valence-corrected chi connectivity index (χ1v) is 11.0. The number of anilines is 1. The highest BCUT2D eigenvalue weighted by molar-refractivity contribution is 5.79. The van der Waals surface area contributed by atoms with E-state index in [0.29, 0.717) is 6.54 Å². The number of carbonyl (C=O) groups excluding carboxylic acids is 1. The summed E-state index contributed by atoms with van der Waals surface area (Å²) in [6.45, 7) is 10.5. The number of primary amides is 1. The molecule has 1 aromatic heterocycles. The first-order valence-electron chi connectivity index (χ1n) is 11.0. The van der Waals surface area contributed by atoms with Crippen LogP contribution in [0, 0.1) is 11.8 Å². The molecule has 7 nitrogen and oxygen atoms in total. The van der Waals surface area contributed by atoms with Crippen molar-refractivity contribution in [2.45, 2.75) is 59.4 Å². The number of rotatable bonds is 10. The number of unbranched alkanes of at least 4 members (excludes halogenated alkanes) is 1. The predicted molar refractivity (Wildman–Crippen MR) is 120 cm³/mol. The number of nitrogens with two attached hydrogens (primary N) is 1. The van der Waals surface area contributed by atoms with Crippen molar-refractivity contribution in [2.24, 2.45) is 22.6 Å². The summed E-state index contributed by atoms with van der Waals surface area (Å²) in [5, 5.41) is 6.76. The molecule has 1 amide bonds. The topological polar surface area (TPSA) is 95.6 Å². The molecule has 0 aliphatic carbocycles. The number of hydrogen-bond acceptors (Lipinski definition) is 4. The SMILES string of the molecule is CCNC(=NCc1cccnc1N1CCC(C(N)=O)CC1)NCCCCC(C)C. The average Bonchev–Trinajstić information content (AvgIpc) is 2.71. The maximum Gasteiger partial charge on any atom is 0.220 e. The van der Waals surface area contributed by atoms with Gasteiger partial charge in [0, 0.05) is 43.9 Å². The van der Waals surface area contributed by atoms with E-state index in [9.17, 15) is 4.79 Å². The van der Waals surface area contributed by atoms with Gasteiger partial charge in [-0.2, -0.15) is 0 Å². The zero-order valence-electron chi connectivity index (χ0n) is 18.3. The second-order valence-corrected chi connectivity index (χ2v) is 8.16. The van der Waals surface area contributed by atoms with E-state index in [-0.39, 0.29) is 11.8 Å². The second-order valence-electron chi connectivity index (χ2n) is 8.16. The number of carbonyl (C=O) groups is 1. The number of nitrogens with zero attached hydrogens (tertiary/aromatic N) is 3. The highest BCUT2D eigenvalue weighted by Gasteiger charge is 2.24. The lowest BCUT2D eigenvalue weighted by Gasteiger charge is -2.32. The zero-order valence-corrected chi connectivity index (χ0v) is 18.3. The quantitative estimate of drug-likeness (QED) is 0.318. The molecular weight excluding hydrogens is 364 g/mol. The van der Waals surface area contributed by atoms with E-state index in [1.807, 2.05) is 12.3 Å². The molecule has 1 saturated heterocycles. The minimum Gasteiger partial charge on any atom is -0.369 e.